The summed E-state index contributed by atoms with van der Waals surface area (Å²) in [5.41, 5.74) is 6.82. The fourth-order valence-corrected chi connectivity index (χ4v) is 4.47. The van der Waals surface area contributed by atoms with E-state index in [4.69, 9.17) is 17.3 Å². The molecule has 2 atom stereocenters. The highest BCUT2D eigenvalue weighted by molar-refractivity contribution is 6.30. The third-order valence-electron chi connectivity index (χ3n) is 6.64. The van der Waals surface area contributed by atoms with Crippen molar-refractivity contribution in [3.63, 3.8) is 0 Å². The van der Waals surface area contributed by atoms with Crippen LogP contribution >= 0.6 is 11.6 Å². The van der Waals surface area contributed by atoms with Crippen LogP contribution in [-0.2, 0) is 20.8 Å². The molecule has 2 aromatic carbocycles. The number of hydrogen-bond acceptors (Lipinski definition) is 4. The van der Waals surface area contributed by atoms with Gasteiger partial charge in [-0.25, -0.2) is 4.39 Å². The van der Waals surface area contributed by atoms with Crippen LogP contribution in [0.4, 0.5) is 4.39 Å². The van der Waals surface area contributed by atoms with E-state index in [0.29, 0.717) is 49.7 Å². The van der Waals surface area contributed by atoms with Crippen LogP contribution in [0.25, 0.3) is 0 Å². The first-order chi connectivity index (χ1) is 17.2. The highest BCUT2D eigenvalue weighted by Gasteiger charge is 2.32. The number of likely N-dealkylation sites (N-methyl/N-ethyl adjacent to an activating group) is 1. The van der Waals surface area contributed by atoms with Gasteiger partial charge in [-0.05, 0) is 44.0 Å². The average molecular weight is 516 g/mol. The molecule has 0 aromatic heterocycles. The van der Waals surface area contributed by atoms with Gasteiger partial charge >= 0.3 is 0 Å². The van der Waals surface area contributed by atoms with Crippen molar-refractivity contribution >= 4 is 29.3 Å². The number of halogens is 2. The lowest BCUT2D eigenvalue weighted by Gasteiger charge is -2.41. The Labute approximate surface area is 217 Å². The first-order valence-electron chi connectivity index (χ1n) is 12.1. The van der Waals surface area contributed by atoms with Crippen molar-refractivity contribution in [2.45, 2.75) is 26.3 Å². The molecule has 3 rings (SSSR count). The standard InChI is InChI=1S/C27H33ClFN4O3/c1-3-31(27(36)19(2)26(30)35)18-24(22-6-4-5-7-23(22)29)32-14-16-33(17-15-32)25(34)13-10-20-8-11-21(28)12-9-20/h4-9,11-13,19,24H,3,10,14-18H2,1-2H3,(H2,30,35). The third-order valence-corrected chi connectivity index (χ3v) is 6.89. The minimum Gasteiger partial charge on any atom is -0.369 e. The Kier molecular flexibility index (Phi) is 9.84. The van der Waals surface area contributed by atoms with Crippen LogP contribution in [0.1, 0.15) is 31.0 Å². The molecule has 1 saturated heterocycles. The fraction of sp³-hybridized carbons (Fsp3) is 0.407. The van der Waals surface area contributed by atoms with E-state index < -0.39 is 17.9 Å². The number of benzene rings is 2. The second kappa shape index (κ2) is 12.8. The van der Waals surface area contributed by atoms with Crippen molar-refractivity contribution in [1.29, 1.82) is 0 Å². The number of nitrogens with two attached hydrogens (primary N) is 1. The Bertz CT molecular complexity index is 1060. The van der Waals surface area contributed by atoms with Gasteiger partial charge in [0.05, 0.1) is 12.5 Å². The summed E-state index contributed by atoms with van der Waals surface area (Å²) in [5.74, 6) is -2.44. The molecule has 193 valence electrons. The lowest BCUT2D eigenvalue weighted by atomic mass is 10.0. The van der Waals surface area contributed by atoms with Gasteiger partial charge in [-0.1, -0.05) is 41.9 Å². The number of hydrogen-bond donors (Lipinski definition) is 1. The molecule has 9 heteroatoms. The van der Waals surface area contributed by atoms with E-state index in [0.717, 1.165) is 5.56 Å². The van der Waals surface area contributed by atoms with Crippen LogP contribution in [0.3, 0.4) is 0 Å². The number of amides is 3. The Morgan fingerprint density at radius 3 is 2.31 bits per heavy atom. The number of nitrogens with zero attached hydrogens (tertiary/aromatic N) is 3. The first-order valence-corrected chi connectivity index (χ1v) is 12.5. The van der Waals surface area contributed by atoms with Gasteiger partial charge in [0.2, 0.25) is 17.7 Å². The van der Waals surface area contributed by atoms with Gasteiger partial charge in [-0.15, -0.1) is 0 Å². The molecule has 2 N–H and O–H groups in total. The Morgan fingerprint density at radius 1 is 1.08 bits per heavy atom. The number of carbonyl (C=O) groups is 3. The molecule has 1 heterocycles. The Balaban J connectivity index is 1.67. The van der Waals surface area contributed by atoms with Gasteiger partial charge < -0.3 is 15.5 Å². The zero-order chi connectivity index (χ0) is 26.2. The molecule has 0 bridgehead atoms. The molecule has 3 amide bonds. The summed E-state index contributed by atoms with van der Waals surface area (Å²) < 4.78 is 14.8. The van der Waals surface area contributed by atoms with Crippen LogP contribution in [-0.4, -0.2) is 71.7 Å². The van der Waals surface area contributed by atoms with Crippen LogP contribution < -0.4 is 5.73 Å². The normalized spacial score (nSPS) is 15.8. The quantitative estimate of drug-likeness (QED) is 0.493. The van der Waals surface area contributed by atoms with E-state index in [-0.39, 0.29) is 24.2 Å². The minimum absolute atomic E-state index is 0.0484. The molecule has 1 aliphatic heterocycles. The van der Waals surface area contributed by atoms with E-state index in [2.05, 4.69) is 4.90 Å². The molecule has 7 nitrogen and oxygen atoms in total. The van der Waals surface area contributed by atoms with Crippen LogP contribution in [0.5, 0.6) is 0 Å². The van der Waals surface area contributed by atoms with Crippen LogP contribution in [0.15, 0.2) is 48.5 Å². The van der Waals surface area contributed by atoms with Crippen molar-refractivity contribution in [3.8, 4) is 0 Å². The maximum atomic E-state index is 14.8. The van der Waals surface area contributed by atoms with Gasteiger partial charge in [0.25, 0.3) is 0 Å². The van der Waals surface area contributed by atoms with Gasteiger partial charge in [0.1, 0.15) is 11.7 Å². The van der Waals surface area contributed by atoms with E-state index in [1.165, 1.54) is 13.0 Å². The van der Waals surface area contributed by atoms with E-state index in [1.807, 2.05) is 19.1 Å². The molecule has 1 radical (unpaired) electrons. The van der Waals surface area contributed by atoms with Crippen molar-refractivity contribution in [2.24, 2.45) is 11.7 Å². The average Bonchev–Trinajstić information content (AvgIpc) is 2.89. The molecule has 36 heavy (non-hydrogen) atoms. The summed E-state index contributed by atoms with van der Waals surface area (Å²) >= 11 is 5.92. The SMILES string of the molecule is CCN(CC(c1ccccc1F)N1CCN(C(=O)[CH]Cc2ccc(Cl)cc2)CC1)C(=O)C(C)C(N)=O. The maximum absolute atomic E-state index is 14.8. The van der Waals surface area contributed by atoms with Crippen molar-refractivity contribution < 1.29 is 18.8 Å². The summed E-state index contributed by atoms with van der Waals surface area (Å²) in [6.07, 6.45) is 2.18. The molecule has 0 aliphatic carbocycles. The van der Waals surface area contributed by atoms with Crippen molar-refractivity contribution in [2.75, 3.05) is 39.3 Å². The molecular weight excluding hydrogens is 483 g/mol. The zero-order valence-electron chi connectivity index (χ0n) is 20.7. The predicted molar refractivity (Wildman–Crippen MR) is 137 cm³/mol. The second-order valence-electron chi connectivity index (χ2n) is 8.93. The third kappa shape index (κ3) is 7.04. The highest BCUT2D eigenvalue weighted by Crippen LogP contribution is 2.27. The Morgan fingerprint density at radius 2 is 1.72 bits per heavy atom. The molecule has 2 unspecified atom stereocenters. The fourth-order valence-electron chi connectivity index (χ4n) is 4.34. The minimum atomic E-state index is -0.961. The topological polar surface area (TPSA) is 86.9 Å². The summed E-state index contributed by atoms with van der Waals surface area (Å²) in [6.45, 7) is 5.89. The first kappa shape index (κ1) is 27.6. The monoisotopic (exact) mass is 515 g/mol. The maximum Gasteiger partial charge on any atom is 0.234 e. The molecule has 0 spiro atoms. The summed E-state index contributed by atoms with van der Waals surface area (Å²) in [5, 5.41) is 0.651. The summed E-state index contributed by atoms with van der Waals surface area (Å²) in [7, 11) is 0. The molecule has 1 fully saturated rings. The summed E-state index contributed by atoms with van der Waals surface area (Å²) in [4.78, 5) is 42.6. The second-order valence-corrected chi connectivity index (χ2v) is 9.37. The van der Waals surface area contributed by atoms with Gasteiger partial charge in [-0.2, -0.15) is 0 Å². The molecule has 1 aliphatic rings. The predicted octanol–water partition coefficient (Wildman–Crippen LogP) is 3.08. The van der Waals surface area contributed by atoms with Crippen LogP contribution in [0, 0.1) is 18.2 Å². The van der Waals surface area contributed by atoms with Gasteiger partial charge in [0.15, 0.2) is 0 Å². The van der Waals surface area contributed by atoms with Gasteiger partial charge in [-0.3, -0.25) is 19.3 Å². The highest BCUT2D eigenvalue weighted by atomic mass is 35.5. The molecule has 0 saturated carbocycles. The largest absolute Gasteiger partial charge is 0.369 e. The van der Waals surface area contributed by atoms with E-state index >= 15 is 0 Å². The molecule has 2 aromatic rings. The van der Waals surface area contributed by atoms with Gasteiger partial charge in [0, 0.05) is 49.9 Å². The number of rotatable bonds is 10. The number of piperazine rings is 1. The van der Waals surface area contributed by atoms with Crippen molar-refractivity contribution in [1.82, 2.24) is 14.7 Å². The molecular formula is C27H33ClFN4O3. The van der Waals surface area contributed by atoms with E-state index in [9.17, 15) is 18.8 Å². The summed E-state index contributed by atoms with van der Waals surface area (Å²) in [6, 6.07) is 13.5. The smallest absolute Gasteiger partial charge is 0.234 e. The van der Waals surface area contributed by atoms with Crippen LogP contribution in [0.2, 0.25) is 5.02 Å². The lowest BCUT2D eigenvalue weighted by Crippen LogP contribution is -2.52. The Hall–Kier alpha value is -2.97. The van der Waals surface area contributed by atoms with Crippen molar-refractivity contribution in [3.05, 3.63) is 76.9 Å². The number of primary amides is 1. The van der Waals surface area contributed by atoms with E-state index in [1.54, 1.807) is 46.6 Å². The zero-order valence-corrected chi connectivity index (χ0v) is 21.5. The number of carbonyl (C=O) groups excluding carboxylic acids is 3. The lowest BCUT2D eigenvalue weighted by molar-refractivity contribution is -0.140.